The molecule has 1 fully saturated rings. The van der Waals surface area contributed by atoms with E-state index in [1.807, 2.05) is 19.2 Å². The van der Waals surface area contributed by atoms with Crippen LogP contribution >= 0.6 is 22.9 Å². The molecule has 0 radical (unpaired) electrons. The van der Waals surface area contributed by atoms with E-state index in [0.29, 0.717) is 0 Å². The Hall–Kier alpha value is -0.540. The van der Waals surface area contributed by atoms with E-state index in [0.717, 1.165) is 10.9 Å². The van der Waals surface area contributed by atoms with Crippen molar-refractivity contribution in [2.75, 3.05) is 0 Å². The van der Waals surface area contributed by atoms with E-state index in [4.69, 9.17) is 21.5 Å². The molecule has 4 heteroatoms. The van der Waals surface area contributed by atoms with Crippen LogP contribution in [0, 0.1) is 0 Å². The van der Waals surface area contributed by atoms with E-state index in [2.05, 4.69) is 6.07 Å². The van der Waals surface area contributed by atoms with E-state index in [1.54, 1.807) is 11.3 Å². The number of rotatable bonds is 1. The average Bonchev–Trinajstić information content (AvgIpc) is 2.95. The highest BCUT2D eigenvalue weighted by molar-refractivity contribution is 7.10. The maximum absolute atomic E-state index is 8.36. The van der Waals surface area contributed by atoms with E-state index in [1.165, 1.54) is 17.7 Å². The molecule has 0 spiro atoms. The molecule has 1 aromatic rings. The Labute approximate surface area is 93.5 Å². The van der Waals surface area contributed by atoms with E-state index >= 15 is 0 Å². The minimum Gasteiger partial charge on any atom is -0.483 e. The quantitative estimate of drug-likeness (QED) is 0.746. The highest BCUT2D eigenvalue weighted by Gasteiger charge is 2.24. The minimum absolute atomic E-state index is 0.250. The SMILES string of the molecule is CC.Clc1csc(C2CC2)c1.O=CO. The molecule has 0 saturated heterocycles. The summed E-state index contributed by atoms with van der Waals surface area (Å²) in [7, 11) is 0. The summed E-state index contributed by atoms with van der Waals surface area (Å²) in [5.41, 5.74) is 0. The lowest BCUT2D eigenvalue weighted by Gasteiger charge is -1.82. The van der Waals surface area contributed by atoms with Gasteiger partial charge in [-0.2, -0.15) is 0 Å². The van der Waals surface area contributed by atoms with Gasteiger partial charge in [0.2, 0.25) is 0 Å². The molecule has 0 aliphatic heterocycles. The maximum atomic E-state index is 8.36. The van der Waals surface area contributed by atoms with Crippen molar-refractivity contribution >= 4 is 29.4 Å². The van der Waals surface area contributed by atoms with Gasteiger partial charge < -0.3 is 5.11 Å². The molecule has 1 heterocycles. The van der Waals surface area contributed by atoms with Gasteiger partial charge in [-0.15, -0.1) is 11.3 Å². The summed E-state index contributed by atoms with van der Waals surface area (Å²) in [5.74, 6) is 0.863. The van der Waals surface area contributed by atoms with Crippen molar-refractivity contribution in [3.8, 4) is 0 Å². The highest BCUT2D eigenvalue weighted by Crippen LogP contribution is 2.43. The molecular weight excluding hydrogens is 220 g/mol. The molecule has 1 aromatic heterocycles. The fourth-order valence-electron chi connectivity index (χ4n) is 0.910. The van der Waals surface area contributed by atoms with Crippen LogP contribution in [0.15, 0.2) is 11.4 Å². The van der Waals surface area contributed by atoms with Gasteiger partial charge in [0.1, 0.15) is 0 Å². The summed E-state index contributed by atoms with van der Waals surface area (Å²) < 4.78 is 0. The standard InChI is InChI=1S/C7H7ClS.C2H6.CH2O2/c8-6-3-7(9-4-6)5-1-2-5;1-2;2-1-3/h3-5H,1-2H2;1-2H3;1H,(H,2,3). The van der Waals surface area contributed by atoms with Crippen molar-refractivity contribution in [1.82, 2.24) is 0 Å². The summed E-state index contributed by atoms with van der Waals surface area (Å²) in [6, 6.07) is 2.09. The number of carbonyl (C=O) groups is 1. The summed E-state index contributed by atoms with van der Waals surface area (Å²) in [6.45, 7) is 3.75. The smallest absolute Gasteiger partial charge is 0.290 e. The Morgan fingerprint density at radius 1 is 1.57 bits per heavy atom. The van der Waals surface area contributed by atoms with Gasteiger partial charge in [0, 0.05) is 10.3 Å². The second-order valence-electron chi connectivity index (χ2n) is 2.55. The van der Waals surface area contributed by atoms with Gasteiger partial charge in [-0.05, 0) is 24.8 Å². The average molecular weight is 235 g/mol. The van der Waals surface area contributed by atoms with Crippen LogP contribution < -0.4 is 0 Å². The highest BCUT2D eigenvalue weighted by atomic mass is 35.5. The van der Waals surface area contributed by atoms with Crippen molar-refractivity contribution in [2.24, 2.45) is 0 Å². The van der Waals surface area contributed by atoms with Crippen LogP contribution in [0.1, 0.15) is 37.5 Å². The van der Waals surface area contributed by atoms with E-state index in [9.17, 15) is 0 Å². The predicted octanol–water partition coefficient (Wildman–Crippen LogP) is 4.01. The van der Waals surface area contributed by atoms with Crippen molar-refractivity contribution in [3.63, 3.8) is 0 Å². The van der Waals surface area contributed by atoms with Gasteiger partial charge in [0.15, 0.2) is 0 Å². The topological polar surface area (TPSA) is 37.3 Å². The number of thiophene rings is 1. The Morgan fingerprint density at radius 3 is 2.36 bits per heavy atom. The second kappa shape index (κ2) is 7.83. The summed E-state index contributed by atoms with van der Waals surface area (Å²) >= 11 is 7.53. The Balaban J connectivity index is 0.000000294. The molecule has 2 nitrogen and oxygen atoms in total. The zero-order valence-corrected chi connectivity index (χ0v) is 9.94. The van der Waals surface area contributed by atoms with E-state index in [-0.39, 0.29) is 6.47 Å². The molecule has 80 valence electrons. The molecular formula is C10H15ClO2S. The van der Waals surface area contributed by atoms with Crippen molar-refractivity contribution in [3.05, 3.63) is 21.3 Å². The predicted molar refractivity (Wildman–Crippen MR) is 61.3 cm³/mol. The molecule has 0 aromatic carbocycles. The molecule has 1 N–H and O–H groups in total. The first-order valence-corrected chi connectivity index (χ1v) is 5.85. The Kier molecular flexibility index (Phi) is 7.52. The van der Waals surface area contributed by atoms with Crippen LogP contribution in [0.4, 0.5) is 0 Å². The molecule has 0 amide bonds. The van der Waals surface area contributed by atoms with Crippen LogP contribution in [-0.2, 0) is 4.79 Å². The van der Waals surface area contributed by atoms with Gasteiger partial charge in [-0.25, -0.2) is 0 Å². The molecule has 1 saturated carbocycles. The molecule has 0 atom stereocenters. The number of hydrogen-bond donors (Lipinski definition) is 1. The van der Waals surface area contributed by atoms with Crippen LogP contribution in [0.5, 0.6) is 0 Å². The monoisotopic (exact) mass is 234 g/mol. The van der Waals surface area contributed by atoms with E-state index < -0.39 is 0 Å². The third kappa shape index (κ3) is 5.25. The lowest BCUT2D eigenvalue weighted by molar-refractivity contribution is -0.122. The third-order valence-electron chi connectivity index (χ3n) is 1.57. The largest absolute Gasteiger partial charge is 0.483 e. The van der Waals surface area contributed by atoms with Crippen LogP contribution in [-0.4, -0.2) is 11.6 Å². The number of carboxylic acid groups (broad SMARTS) is 1. The molecule has 0 unspecified atom stereocenters. The zero-order chi connectivity index (χ0) is 11.0. The first kappa shape index (κ1) is 13.5. The normalized spacial score (nSPS) is 13.1. The third-order valence-corrected chi connectivity index (χ3v) is 3.01. The molecule has 0 bridgehead atoms. The fourth-order valence-corrected chi connectivity index (χ4v) is 2.17. The second-order valence-corrected chi connectivity index (χ2v) is 3.93. The molecule has 14 heavy (non-hydrogen) atoms. The number of hydrogen-bond acceptors (Lipinski definition) is 2. The zero-order valence-electron chi connectivity index (χ0n) is 8.37. The van der Waals surface area contributed by atoms with Gasteiger partial charge in [-0.1, -0.05) is 25.4 Å². The lowest BCUT2D eigenvalue weighted by atomic mass is 10.3. The van der Waals surface area contributed by atoms with Crippen LogP contribution in [0.2, 0.25) is 5.02 Å². The van der Waals surface area contributed by atoms with Crippen molar-refractivity contribution < 1.29 is 9.90 Å². The lowest BCUT2D eigenvalue weighted by Crippen LogP contribution is -1.63. The Bertz CT molecular complexity index is 256. The first-order valence-electron chi connectivity index (χ1n) is 4.59. The van der Waals surface area contributed by atoms with Crippen molar-refractivity contribution in [1.29, 1.82) is 0 Å². The summed E-state index contributed by atoms with van der Waals surface area (Å²) in [6.07, 6.45) is 2.74. The fraction of sp³-hybridized carbons (Fsp3) is 0.500. The van der Waals surface area contributed by atoms with Gasteiger partial charge in [0.05, 0.1) is 5.02 Å². The molecule has 2 rings (SSSR count). The van der Waals surface area contributed by atoms with Crippen LogP contribution in [0.25, 0.3) is 0 Å². The Morgan fingerprint density at radius 2 is 2.07 bits per heavy atom. The van der Waals surface area contributed by atoms with Gasteiger partial charge in [0.25, 0.3) is 6.47 Å². The van der Waals surface area contributed by atoms with Gasteiger partial charge >= 0.3 is 0 Å². The minimum atomic E-state index is -0.250. The van der Waals surface area contributed by atoms with Crippen molar-refractivity contribution in [2.45, 2.75) is 32.6 Å². The first-order chi connectivity index (χ1) is 6.77. The molecule has 1 aliphatic rings. The summed E-state index contributed by atoms with van der Waals surface area (Å²) in [5, 5.41) is 9.80. The number of halogens is 1. The summed E-state index contributed by atoms with van der Waals surface area (Å²) in [4.78, 5) is 9.83. The van der Waals surface area contributed by atoms with Gasteiger partial charge in [-0.3, -0.25) is 4.79 Å². The van der Waals surface area contributed by atoms with Crippen LogP contribution in [0.3, 0.4) is 0 Å². The maximum Gasteiger partial charge on any atom is 0.290 e. The molecule has 1 aliphatic carbocycles.